The highest BCUT2D eigenvalue weighted by atomic mass is 35.5. The van der Waals surface area contributed by atoms with E-state index in [2.05, 4.69) is 4.90 Å². The number of ether oxygens (including phenoxy) is 4. The molecule has 2 heterocycles. The second kappa shape index (κ2) is 15.5. The molecular weight excluding hydrogens is 610 g/mol. The highest BCUT2D eigenvalue weighted by Gasteiger charge is 2.33. The Labute approximate surface area is 277 Å². The number of anilines is 3. The Morgan fingerprint density at radius 1 is 0.870 bits per heavy atom. The van der Waals surface area contributed by atoms with E-state index in [0.717, 1.165) is 42.1 Å². The highest BCUT2D eigenvalue weighted by molar-refractivity contribution is 6.31. The molecule has 4 rings (SSSR count). The predicted octanol–water partition coefficient (Wildman–Crippen LogP) is 8.32. The number of hydrogen-bond donors (Lipinski definition) is 0. The van der Waals surface area contributed by atoms with Crippen LogP contribution in [0.15, 0.2) is 42.5 Å². The molecule has 10 nitrogen and oxygen atoms in total. The SMILES string of the molecule is CC(C)(C)OC(=O)N(CCCCN1c2cc(Cl)ccc2C(=O)N(CCCOC2CCCCO2)c2ccccc21)C(=O)OC(C)(C)C. The van der Waals surface area contributed by atoms with E-state index in [0.29, 0.717) is 55.2 Å². The zero-order valence-corrected chi connectivity index (χ0v) is 28.7. The quantitative estimate of drug-likeness (QED) is 0.235. The number of fused-ring (bicyclic) bond motifs is 2. The van der Waals surface area contributed by atoms with Crippen molar-refractivity contribution in [3.8, 4) is 0 Å². The number of unbranched alkanes of at least 4 members (excludes halogenated alkanes) is 1. The van der Waals surface area contributed by atoms with Crippen LogP contribution >= 0.6 is 11.6 Å². The zero-order chi connectivity index (χ0) is 33.5. The van der Waals surface area contributed by atoms with Gasteiger partial charge in [-0.2, -0.15) is 0 Å². The molecule has 1 fully saturated rings. The topological polar surface area (TPSA) is 97.9 Å². The molecule has 0 radical (unpaired) electrons. The fourth-order valence-corrected chi connectivity index (χ4v) is 5.55. The molecule has 2 aliphatic rings. The number of halogens is 1. The smallest absolute Gasteiger partial charge is 0.419 e. The van der Waals surface area contributed by atoms with Crippen molar-refractivity contribution < 1.29 is 33.3 Å². The predicted molar refractivity (Wildman–Crippen MR) is 179 cm³/mol. The summed E-state index contributed by atoms with van der Waals surface area (Å²) in [7, 11) is 0. The highest BCUT2D eigenvalue weighted by Crippen LogP contribution is 2.42. The zero-order valence-electron chi connectivity index (χ0n) is 28.0. The van der Waals surface area contributed by atoms with Gasteiger partial charge in [0.1, 0.15) is 11.2 Å². The summed E-state index contributed by atoms with van der Waals surface area (Å²) in [5.74, 6) is -0.114. The number of amides is 3. The molecular formula is C35H48ClN3O7. The number of rotatable bonds is 10. The van der Waals surface area contributed by atoms with Gasteiger partial charge >= 0.3 is 12.2 Å². The number of benzene rings is 2. The molecule has 3 amide bonds. The van der Waals surface area contributed by atoms with Crippen LogP contribution in [0.25, 0.3) is 0 Å². The lowest BCUT2D eigenvalue weighted by molar-refractivity contribution is -0.162. The van der Waals surface area contributed by atoms with Crippen molar-refractivity contribution in [1.82, 2.24) is 4.90 Å². The average Bonchev–Trinajstić information content (AvgIpc) is 3.06. The van der Waals surface area contributed by atoms with E-state index >= 15 is 0 Å². The molecule has 2 aliphatic heterocycles. The third kappa shape index (κ3) is 9.83. The molecule has 46 heavy (non-hydrogen) atoms. The Morgan fingerprint density at radius 2 is 1.50 bits per heavy atom. The molecule has 0 bridgehead atoms. The molecule has 0 N–H and O–H groups in total. The van der Waals surface area contributed by atoms with E-state index in [1.807, 2.05) is 30.3 Å². The molecule has 1 atom stereocenters. The summed E-state index contributed by atoms with van der Waals surface area (Å²) in [5, 5.41) is 0.518. The first-order valence-electron chi connectivity index (χ1n) is 16.2. The molecule has 252 valence electrons. The maximum atomic E-state index is 14.0. The summed E-state index contributed by atoms with van der Waals surface area (Å²) in [6.07, 6.45) is 3.08. The van der Waals surface area contributed by atoms with Gasteiger partial charge in [0.2, 0.25) is 0 Å². The Kier molecular flexibility index (Phi) is 12.0. The van der Waals surface area contributed by atoms with Crippen LogP contribution in [-0.4, -0.2) is 73.3 Å². The van der Waals surface area contributed by atoms with Crippen molar-refractivity contribution in [3.63, 3.8) is 0 Å². The van der Waals surface area contributed by atoms with Crippen LogP contribution < -0.4 is 9.80 Å². The third-order valence-electron chi connectivity index (χ3n) is 7.40. The van der Waals surface area contributed by atoms with Gasteiger partial charge in [0, 0.05) is 31.3 Å². The monoisotopic (exact) mass is 657 g/mol. The van der Waals surface area contributed by atoms with Crippen LogP contribution in [0.5, 0.6) is 0 Å². The summed E-state index contributed by atoms with van der Waals surface area (Å²) in [5.41, 5.74) is 1.35. The first-order valence-corrected chi connectivity index (χ1v) is 16.6. The van der Waals surface area contributed by atoms with Crippen LogP contribution in [0.2, 0.25) is 5.02 Å². The van der Waals surface area contributed by atoms with E-state index < -0.39 is 23.4 Å². The second-order valence-corrected chi connectivity index (χ2v) is 14.0. The molecule has 0 saturated carbocycles. The average molecular weight is 658 g/mol. The summed E-state index contributed by atoms with van der Waals surface area (Å²) in [4.78, 5) is 44.9. The molecule has 1 unspecified atom stereocenters. The minimum atomic E-state index is -0.774. The third-order valence-corrected chi connectivity index (χ3v) is 7.63. The van der Waals surface area contributed by atoms with Gasteiger partial charge in [-0.3, -0.25) is 4.79 Å². The van der Waals surface area contributed by atoms with Crippen LogP contribution in [-0.2, 0) is 18.9 Å². The minimum absolute atomic E-state index is 0.109. The standard InChI is InChI=1S/C35H48ClN3O7/c1-34(2,3)45-32(41)39(33(42)46-35(4,5)6)20-11-10-19-37-27-14-7-8-15-28(27)38(21-13-23-44-30-16-9-12-22-43-30)31(40)26-18-17-25(36)24-29(26)37/h7-8,14-15,17-18,24,30H,9-13,16,19-23H2,1-6H3. The minimum Gasteiger partial charge on any atom is -0.443 e. The van der Waals surface area contributed by atoms with Crippen LogP contribution in [0.3, 0.4) is 0 Å². The Balaban J connectivity index is 1.51. The Bertz CT molecular complexity index is 1340. The van der Waals surface area contributed by atoms with Crippen molar-refractivity contribution >= 4 is 46.8 Å². The number of carbonyl (C=O) groups is 3. The number of hydrogen-bond acceptors (Lipinski definition) is 8. The lowest BCUT2D eigenvalue weighted by atomic mass is 10.1. The van der Waals surface area contributed by atoms with Crippen LogP contribution in [0.1, 0.15) is 90.4 Å². The van der Waals surface area contributed by atoms with Gasteiger partial charge in [0.05, 0.1) is 29.2 Å². The van der Waals surface area contributed by atoms with Gasteiger partial charge < -0.3 is 28.7 Å². The number of nitrogens with zero attached hydrogens (tertiary/aromatic N) is 3. The lowest BCUT2D eigenvalue weighted by Gasteiger charge is -2.29. The van der Waals surface area contributed by atoms with Gasteiger partial charge in [0.25, 0.3) is 5.91 Å². The first kappa shape index (κ1) is 35.5. The van der Waals surface area contributed by atoms with Crippen LogP contribution in [0.4, 0.5) is 26.7 Å². The van der Waals surface area contributed by atoms with Crippen molar-refractivity contribution in [1.29, 1.82) is 0 Å². The first-order chi connectivity index (χ1) is 21.7. The van der Waals surface area contributed by atoms with E-state index in [-0.39, 0.29) is 18.7 Å². The maximum absolute atomic E-state index is 14.0. The van der Waals surface area contributed by atoms with E-state index in [1.54, 1.807) is 58.6 Å². The van der Waals surface area contributed by atoms with E-state index in [9.17, 15) is 14.4 Å². The summed E-state index contributed by atoms with van der Waals surface area (Å²) < 4.78 is 22.7. The fourth-order valence-electron chi connectivity index (χ4n) is 5.39. The lowest BCUT2D eigenvalue weighted by Crippen LogP contribution is -2.44. The van der Waals surface area contributed by atoms with Crippen molar-refractivity contribution in [3.05, 3.63) is 53.1 Å². The maximum Gasteiger partial charge on any atom is 0.419 e. The molecule has 2 aromatic rings. The van der Waals surface area contributed by atoms with Gasteiger partial charge in [-0.15, -0.1) is 0 Å². The molecule has 0 aliphatic carbocycles. The van der Waals surface area contributed by atoms with Gasteiger partial charge in [0.15, 0.2) is 6.29 Å². The van der Waals surface area contributed by atoms with Crippen molar-refractivity contribution in [2.45, 2.75) is 97.6 Å². The Hall–Kier alpha value is -3.34. The molecule has 1 saturated heterocycles. The normalized spacial score (nSPS) is 16.8. The number of para-hydroxylation sites is 2. The van der Waals surface area contributed by atoms with Gasteiger partial charge in [-0.05, 0) is 110 Å². The van der Waals surface area contributed by atoms with Gasteiger partial charge in [-0.25, -0.2) is 14.5 Å². The molecule has 0 aromatic heterocycles. The summed E-state index contributed by atoms with van der Waals surface area (Å²) in [6, 6.07) is 13.1. The Morgan fingerprint density at radius 3 is 2.11 bits per heavy atom. The van der Waals surface area contributed by atoms with E-state index in [1.165, 1.54) is 0 Å². The van der Waals surface area contributed by atoms with Gasteiger partial charge in [-0.1, -0.05) is 23.7 Å². The van der Waals surface area contributed by atoms with E-state index in [4.69, 9.17) is 30.5 Å². The number of imide groups is 1. The largest absolute Gasteiger partial charge is 0.443 e. The molecule has 11 heteroatoms. The van der Waals surface area contributed by atoms with Crippen molar-refractivity contribution in [2.24, 2.45) is 0 Å². The van der Waals surface area contributed by atoms with Crippen molar-refractivity contribution in [2.75, 3.05) is 42.6 Å². The number of carbonyl (C=O) groups excluding carboxylic acids is 3. The van der Waals surface area contributed by atoms with Crippen LogP contribution in [0, 0.1) is 0 Å². The summed E-state index contributed by atoms with van der Waals surface area (Å²) in [6.45, 7) is 12.8. The molecule has 0 spiro atoms. The fraction of sp³-hybridized carbons (Fsp3) is 0.571. The molecule has 2 aromatic carbocycles. The second-order valence-electron chi connectivity index (χ2n) is 13.6. The summed E-state index contributed by atoms with van der Waals surface area (Å²) >= 11 is 6.47.